The number of likely N-dealkylation sites (tertiary alicyclic amines) is 1. The molecule has 1 aliphatic rings. The molecule has 0 bridgehead atoms. The Morgan fingerprint density at radius 2 is 2.05 bits per heavy atom. The van der Waals surface area contributed by atoms with E-state index in [1.54, 1.807) is 0 Å². The molecule has 1 aliphatic heterocycles. The molecule has 118 valence electrons. The van der Waals surface area contributed by atoms with Gasteiger partial charge < -0.3 is 15.0 Å². The maximum atomic E-state index is 5.49. The summed E-state index contributed by atoms with van der Waals surface area (Å²) in [6, 6.07) is 11.2. The summed E-state index contributed by atoms with van der Waals surface area (Å²) in [5, 5.41) is 3.68. The normalized spacial score (nSPS) is 21.6. The van der Waals surface area contributed by atoms with Gasteiger partial charge >= 0.3 is 0 Å². The van der Waals surface area contributed by atoms with E-state index in [0.717, 1.165) is 32.6 Å². The van der Waals surface area contributed by atoms with E-state index in [2.05, 4.69) is 61.3 Å². The van der Waals surface area contributed by atoms with E-state index in [1.165, 1.54) is 5.56 Å². The number of methoxy groups -OCH3 is 1. The van der Waals surface area contributed by atoms with Gasteiger partial charge in [-0.2, -0.15) is 0 Å². The highest BCUT2D eigenvalue weighted by Gasteiger charge is 2.34. The minimum Gasteiger partial charge on any atom is -0.380 e. The van der Waals surface area contributed by atoms with Crippen LogP contribution in [0.15, 0.2) is 30.3 Å². The van der Waals surface area contributed by atoms with Crippen LogP contribution in [0, 0.1) is 5.41 Å². The summed E-state index contributed by atoms with van der Waals surface area (Å²) in [4.78, 5) is 2.54. The van der Waals surface area contributed by atoms with Crippen LogP contribution in [0.3, 0.4) is 0 Å². The van der Waals surface area contributed by atoms with Gasteiger partial charge in [0.05, 0.1) is 6.10 Å². The van der Waals surface area contributed by atoms with Crippen LogP contribution in [-0.2, 0) is 4.74 Å². The highest BCUT2D eigenvalue weighted by atomic mass is 16.5. The molecule has 1 heterocycles. The SMILES string of the molecule is CCNC(c1ccccc1)C(C)(C)CN1CCC(OC)C1. The molecule has 1 fully saturated rings. The lowest BCUT2D eigenvalue weighted by Crippen LogP contribution is -2.42. The van der Waals surface area contributed by atoms with Crippen molar-refractivity contribution < 1.29 is 4.74 Å². The van der Waals surface area contributed by atoms with Crippen molar-refractivity contribution in [3.63, 3.8) is 0 Å². The van der Waals surface area contributed by atoms with Gasteiger partial charge in [-0.05, 0) is 23.9 Å². The molecule has 1 aromatic rings. The zero-order valence-electron chi connectivity index (χ0n) is 13.9. The van der Waals surface area contributed by atoms with Gasteiger partial charge in [-0.15, -0.1) is 0 Å². The van der Waals surface area contributed by atoms with Crippen molar-refractivity contribution in [1.82, 2.24) is 10.2 Å². The van der Waals surface area contributed by atoms with E-state index < -0.39 is 0 Å². The van der Waals surface area contributed by atoms with Crippen LogP contribution in [0.5, 0.6) is 0 Å². The van der Waals surface area contributed by atoms with Crippen molar-refractivity contribution in [1.29, 1.82) is 0 Å². The monoisotopic (exact) mass is 290 g/mol. The van der Waals surface area contributed by atoms with E-state index in [9.17, 15) is 0 Å². The molecular formula is C18H30N2O. The molecule has 0 aliphatic carbocycles. The lowest BCUT2D eigenvalue weighted by atomic mass is 9.80. The molecule has 1 saturated heterocycles. The molecule has 2 atom stereocenters. The number of benzene rings is 1. The minimum atomic E-state index is 0.181. The summed E-state index contributed by atoms with van der Waals surface area (Å²) in [5.41, 5.74) is 1.56. The average Bonchev–Trinajstić information content (AvgIpc) is 2.92. The second-order valence-corrected chi connectivity index (χ2v) is 6.77. The number of hydrogen-bond acceptors (Lipinski definition) is 3. The van der Waals surface area contributed by atoms with Crippen LogP contribution >= 0.6 is 0 Å². The summed E-state index contributed by atoms with van der Waals surface area (Å²) in [7, 11) is 1.82. The highest BCUT2D eigenvalue weighted by molar-refractivity contribution is 5.21. The Morgan fingerprint density at radius 3 is 2.62 bits per heavy atom. The third kappa shape index (κ3) is 4.29. The highest BCUT2D eigenvalue weighted by Crippen LogP contribution is 2.35. The van der Waals surface area contributed by atoms with Crippen molar-refractivity contribution in [2.45, 2.75) is 39.3 Å². The molecule has 1 aromatic carbocycles. The Balaban J connectivity index is 2.07. The summed E-state index contributed by atoms with van der Waals surface area (Å²) in [5.74, 6) is 0. The standard InChI is InChI=1S/C18H30N2O/c1-5-19-17(15-9-7-6-8-10-15)18(2,3)14-20-12-11-16(13-20)21-4/h6-10,16-17,19H,5,11-14H2,1-4H3. The predicted octanol–water partition coefficient (Wildman–Crippen LogP) is 3.08. The van der Waals surface area contributed by atoms with E-state index in [0.29, 0.717) is 12.1 Å². The maximum absolute atomic E-state index is 5.49. The Hall–Kier alpha value is -0.900. The van der Waals surface area contributed by atoms with Crippen molar-refractivity contribution in [3.8, 4) is 0 Å². The smallest absolute Gasteiger partial charge is 0.0710 e. The molecule has 0 spiro atoms. The van der Waals surface area contributed by atoms with Crippen molar-refractivity contribution in [2.75, 3.05) is 33.3 Å². The maximum Gasteiger partial charge on any atom is 0.0710 e. The number of ether oxygens (including phenoxy) is 1. The third-order valence-electron chi connectivity index (χ3n) is 4.52. The number of nitrogens with one attached hydrogen (secondary N) is 1. The largest absolute Gasteiger partial charge is 0.380 e. The summed E-state index contributed by atoms with van der Waals surface area (Å²) < 4.78 is 5.49. The van der Waals surface area contributed by atoms with Crippen LogP contribution < -0.4 is 5.32 Å². The molecule has 1 N–H and O–H groups in total. The molecule has 0 aromatic heterocycles. The van der Waals surface area contributed by atoms with Gasteiger partial charge in [-0.3, -0.25) is 0 Å². The first-order valence-corrected chi connectivity index (χ1v) is 8.10. The lowest BCUT2D eigenvalue weighted by molar-refractivity contribution is 0.0948. The van der Waals surface area contributed by atoms with E-state index in [4.69, 9.17) is 4.74 Å². The first kappa shape index (κ1) is 16.5. The fraction of sp³-hybridized carbons (Fsp3) is 0.667. The first-order chi connectivity index (χ1) is 10.1. The Bertz CT molecular complexity index is 418. The second-order valence-electron chi connectivity index (χ2n) is 6.77. The van der Waals surface area contributed by atoms with Crippen molar-refractivity contribution >= 4 is 0 Å². The van der Waals surface area contributed by atoms with Gasteiger partial charge in [0.15, 0.2) is 0 Å². The van der Waals surface area contributed by atoms with Gasteiger partial charge in [-0.1, -0.05) is 51.1 Å². The number of hydrogen-bond donors (Lipinski definition) is 1. The van der Waals surface area contributed by atoms with Gasteiger partial charge in [0.25, 0.3) is 0 Å². The topological polar surface area (TPSA) is 24.5 Å². The van der Waals surface area contributed by atoms with E-state index in [1.807, 2.05) is 7.11 Å². The average molecular weight is 290 g/mol. The zero-order valence-corrected chi connectivity index (χ0v) is 13.9. The molecule has 3 nitrogen and oxygen atoms in total. The van der Waals surface area contributed by atoms with Gasteiger partial charge in [0.2, 0.25) is 0 Å². The summed E-state index contributed by atoms with van der Waals surface area (Å²) in [6.07, 6.45) is 1.57. The Labute approximate surface area is 129 Å². The van der Waals surface area contributed by atoms with Crippen LogP contribution in [0.25, 0.3) is 0 Å². The fourth-order valence-corrected chi connectivity index (χ4v) is 3.50. The minimum absolute atomic E-state index is 0.181. The van der Waals surface area contributed by atoms with Gasteiger partial charge in [0.1, 0.15) is 0 Å². The molecule has 3 heteroatoms. The summed E-state index contributed by atoms with van der Waals surface area (Å²) >= 11 is 0. The molecule has 0 saturated carbocycles. The fourth-order valence-electron chi connectivity index (χ4n) is 3.50. The molecule has 21 heavy (non-hydrogen) atoms. The quantitative estimate of drug-likeness (QED) is 0.835. The van der Waals surface area contributed by atoms with E-state index in [-0.39, 0.29) is 5.41 Å². The van der Waals surface area contributed by atoms with Crippen molar-refractivity contribution in [2.24, 2.45) is 5.41 Å². The van der Waals surface area contributed by atoms with Gasteiger partial charge in [0, 0.05) is 32.8 Å². The molecule has 0 amide bonds. The Kier molecular flexibility index (Phi) is 5.80. The van der Waals surface area contributed by atoms with Gasteiger partial charge in [-0.25, -0.2) is 0 Å². The first-order valence-electron chi connectivity index (χ1n) is 8.10. The lowest BCUT2D eigenvalue weighted by Gasteiger charge is -2.38. The summed E-state index contributed by atoms with van der Waals surface area (Å²) in [6.45, 7) is 11.2. The molecule has 2 rings (SSSR count). The third-order valence-corrected chi connectivity index (χ3v) is 4.52. The molecule has 0 radical (unpaired) electrons. The van der Waals surface area contributed by atoms with Crippen LogP contribution in [0.2, 0.25) is 0 Å². The second kappa shape index (κ2) is 7.39. The molecular weight excluding hydrogens is 260 g/mol. The Morgan fingerprint density at radius 1 is 1.33 bits per heavy atom. The molecule has 2 unspecified atom stereocenters. The van der Waals surface area contributed by atoms with E-state index >= 15 is 0 Å². The predicted molar refractivity (Wildman–Crippen MR) is 88.5 cm³/mol. The number of rotatable bonds is 7. The van der Waals surface area contributed by atoms with Crippen molar-refractivity contribution in [3.05, 3.63) is 35.9 Å². The zero-order chi connectivity index (χ0) is 15.3. The van der Waals surface area contributed by atoms with Crippen LogP contribution in [0.1, 0.15) is 38.8 Å². The van der Waals surface area contributed by atoms with Crippen LogP contribution in [-0.4, -0.2) is 44.3 Å². The number of nitrogens with zero attached hydrogens (tertiary/aromatic N) is 1. The van der Waals surface area contributed by atoms with Crippen LogP contribution in [0.4, 0.5) is 0 Å².